The van der Waals surface area contributed by atoms with Gasteiger partial charge in [-0.3, -0.25) is 4.90 Å². The molecule has 1 saturated heterocycles. The summed E-state index contributed by atoms with van der Waals surface area (Å²) in [6, 6.07) is 29.6. The highest BCUT2D eigenvalue weighted by Gasteiger charge is 2.45. The summed E-state index contributed by atoms with van der Waals surface area (Å²) < 4.78 is 5.99. The van der Waals surface area contributed by atoms with Crippen LogP contribution in [0.2, 0.25) is 0 Å². The quantitative estimate of drug-likeness (QED) is 0.611. The molecule has 1 aliphatic rings. The van der Waals surface area contributed by atoms with Crippen molar-refractivity contribution in [3.8, 4) is 0 Å². The van der Waals surface area contributed by atoms with Gasteiger partial charge in [-0.1, -0.05) is 91.0 Å². The van der Waals surface area contributed by atoms with Crippen LogP contribution in [0.15, 0.2) is 91.0 Å². The summed E-state index contributed by atoms with van der Waals surface area (Å²) in [5, 5.41) is 22.3. The lowest BCUT2D eigenvalue weighted by molar-refractivity contribution is -0.278. The molecule has 0 amide bonds. The Bertz CT molecular complexity index is 903. The summed E-state index contributed by atoms with van der Waals surface area (Å²) in [6.07, 6.45) is 0.122. The first-order chi connectivity index (χ1) is 14.7. The van der Waals surface area contributed by atoms with Crippen LogP contribution in [-0.2, 0) is 11.3 Å². The maximum atomic E-state index is 11.7. The SMILES string of the molecule is OC(CCC1(O)OCCN(Cc2ccccc2)C1c1ccccc1)c1ccccc1. The van der Waals surface area contributed by atoms with E-state index >= 15 is 0 Å². The maximum absolute atomic E-state index is 11.7. The van der Waals surface area contributed by atoms with Gasteiger partial charge in [0.25, 0.3) is 0 Å². The van der Waals surface area contributed by atoms with Crippen molar-refractivity contribution in [2.24, 2.45) is 0 Å². The predicted molar refractivity (Wildman–Crippen MR) is 118 cm³/mol. The van der Waals surface area contributed by atoms with Crippen molar-refractivity contribution in [2.45, 2.75) is 37.3 Å². The van der Waals surface area contributed by atoms with Crippen molar-refractivity contribution in [1.82, 2.24) is 4.90 Å². The first-order valence-electron chi connectivity index (χ1n) is 10.6. The van der Waals surface area contributed by atoms with Crippen LogP contribution in [0.25, 0.3) is 0 Å². The average Bonchev–Trinajstić information content (AvgIpc) is 2.79. The van der Waals surface area contributed by atoms with Crippen LogP contribution >= 0.6 is 0 Å². The molecule has 1 heterocycles. The molecule has 0 aliphatic carbocycles. The third-order valence-corrected chi connectivity index (χ3v) is 5.83. The number of benzene rings is 3. The van der Waals surface area contributed by atoms with E-state index in [1.807, 2.05) is 78.9 Å². The predicted octanol–water partition coefficient (Wildman–Crippen LogP) is 4.46. The van der Waals surface area contributed by atoms with Gasteiger partial charge in [-0.15, -0.1) is 0 Å². The van der Waals surface area contributed by atoms with E-state index in [1.165, 1.54) is 5.56 Å². The molecule has 3 atom stereocenters. The van der Waals surface area contributed by atoms with Crippen LogP contribution in [0.3, 0.4) is 0 Å². The molecule has 4 rings (SSSR count). The van der Waals surface area contributed by atoms with Crippen molar-refractivity contribution in [3.63, 3.8) is 0 Å². The van der Waals surface area contributed by atoms with E-state index in [-0.39, 0.29) is 6.04 Å². The van der Waals surface area contributed by atoms with Crippen LogP contribution in [0.1, 0.15) is 41.7 Å². The molecule has 0 saturated carbocycles. The Morgan fingerprint density at radius 1 is 0.900 bits per heavy atom. The molecule has 0 aromatic heterocycles. The highest BCUT2D eigenvalue weighted by Crippen LogP contribution is 2.41. The van der Waals surface area contributed by atoms with Crippen molar-refractivity contribution in [2.75, 3.05) is 13.2 Å². The molecule has 30 heavy (non-hydrogen) atoms. The van der Waals surface area contributed by atoms with E-state index in [0.29, 0.717) is 19.4 Å². The topological polar surface area (TPSA) is 52.9 Å². The van der Waals surface area contributed by atoms with Crippen molar-refractivity contribution < 1.29 is 14.9 Å². The summed E-state index contributed by atoms with van der Waals surface area (Å²) in [6.45, 7) is 1.92. The highest BCUT2D eigenvalue weighted by molar-refractivity contribution is 5.24. The van der Waals surface area contributed by atoms with Gasteiger partial charge in [0.1, 0.15) is 0 Å². The van der Waals surface area contributed by atoms with Gasteiger partial charge in [-0.2, -0.15) is 0 Å². The molecular weight excluding hydrogens is 374 g/mol. The average molecular weight is 404 g/mol. The van der Waals surface area contributed by atoms with E-state index < -0.39 is 11.9 Å². The fourth-order valence-electron chi connectivity index (χ4n) is 4.32. The first kappa shape index (κ1) is 20.8. The number of hydrogen-bond acceptors (Lipinski definition) is 4. The Morgan fingerprint density at radius 2 is 1.50 bits per heavy atom. The molecule has 0 radical (unpaired) electrons. The van der Waals surface area contributed by atoms with Gasteiger partial charge in [-0.25, -0.2) is 0 Å². The van der Waals surface area contributed by atoms with Crippen LogP contribution in [0.4, 0.5) is 0 Å². The lowest BCUT2D eigenvalue weighted by Crippen LogP contribution is -2.54. The standard InChI is InChI=1S/C26H29NO3/c28-24(22-12-6-2-7-13-22)16-17-26(29)25(23-14-8-3-9-15-23)27(18-19-30-26)20-21-10-4-1-5-11-21/h1-15,24-25,28-29H,16-20H2. The van der Waals surface area contributed by atoms with Crippen molar-refractivity contribution in [3.05, 3.63) is 108 Å². The molecule has 0 bridgehead atoms. The molecule has 3 unspecified atom stereocenters. The van der Waals surface area contributed by atoms with Gasteiger partial charge in [0, 0.05) is 19.5 Å². The third-order valence-electron chi connectivity index (χ3n) is 5.83. The van der Waals surface area contributed by atoms with Crippen molar-refractivity contribution >= 4 is 0 Å². The second-order valence-electron chi connectivity index (χ2n) is 7.93. The van der Waals surface area contributed by atoms with Gasteiger partial charge in [-0.05, 0) is 23.1 Å². The van der Waals surface area contributed by atoms with Crippen LogP contribution < -0.4 is 0 Å². The third kappa shape index (κ3) is 4.79. The second kappa shape index (κ2) is 9.54. The highest BCUT2D eigenvalue weighted by atomic mass is 16.6. The van der Waals surface area contributed by atoms with Gasteiger partial charge >= 0.3 is 0 Å². The zero-order valence-electron chi connectivity index (χ0n) is 17.1. The van der Waals surface area contributed by atoms with E-state index in [2.05, 4.69) is 17.0 Å². The summed E-state index contributed by atoms with van der Waals surface area (Å²) in [5.74, 6) is -1.37. The molecule has 1 aliphatic heterocycles. The molecule has 0 spiro atoms. The lowest BCUT2D eigenvalue weighted by Gasteiger charge is -2.47. The van der Waals surface area contributed by atoms with Crippen molar-refractivity contribution in [1.29, 1.82) is 0 Å². The van der Waals surface area contributed by atoms with Gasteiger partial charge < -0.3 is 14.9 Å². The zero-order valence-corrected chi connectivity index (χ0v) is 17.1. The van der Waals surface area contributed by atoms with Crippen LogP contribution in [0.5, 0.6) is 0 Å². The molecule has 3 aromatic carbocycles. The number of aliphatic hydroxyl groups excluding tert-OH is 1. The van der Waals surface area contributed by atoms with Crippen LogP contribution in [0, 0.1) is 0 Å². The Hall–Kier alpha value is -2.50. The fraction of sp³-hybridized carbons (Fsp3) is 0.308. The zero-order chi connectivity index (χ0) is 20.8. The smallest absolute Gasteiger partial charge is 0.185 e. The maximum Gasteiger partial charge on any atom is 0.185 e. The number of hydrogen-bond donors (Lipinski definition) is 2. The lowest BCUT2D eigenvalue weighted by atomic mass is 9.89. The number of nitrogens with zero attached hydrogens (tertiary/aromatic N) is 1. The van der Waals surface area contributed by atoms with Gasteiger partial charge in [0.2, 0.25) is 0 Å². The Morgan fingerprint density at radius 3 is 2.17 bits per heavy atom. The number of rotatable bonds is 7. The number of ether oxygens (including phenoxy) is 1. The molecule has 3 aromatic rings. The minimum absolute atomic E-state index is 0.310. The largest absolute Gasteiger partial charge is 0.388 e. The molecule has 156 valence electrons. The van der Waals surface area contributed by atoms with Gasteiger partial charge in [0.15, 0.2) is 5.79 Å². The van der Waals surface area contributed by atoms with Crippen LogP contribution in [-0.4, -0.2) is 34.1 Å². The van der Waals surface area contributed by atoms with Gasteiger partial charge in [0.05, 0.1) is 18.8 Å². The molecular formula is C26H29NO3. The van der Waals surface area contributed by atoms with E-state index in [4.69, 9.17) is 4.74 Å². The summed E-state index contributed by atoms with van der Waals surface area (Å²) in [4.78, 5) is 2.28. The second-order valence-corrected chi connectivity index (χ2v) is 7.93. The Kier molecular flexibility index (Phi) is 6.60. The summed E-state index contributed by atoms with van der Waals surface area (Å²) >= 11 is 0. The Balaban J connectivity index is 1.57. The minimum atomic E-state index is -1.37. The summed E-state index contributed by atoms with van der Waals surface area (Å²) in [5.41, 5.74) is 3.08. The van der Waals surface area contributed by atoms with E-state index in [0.717, 1.165) is 24.2 Å². The molecule has 1 fully saturated rings. The molecule has 4 heteroatoms. The number of morpholine rings is 1. The van der Waals surface area contributed by atoms with E-state index in [1.54, 1.807) is 0 Å². The first-order valence-corrected chi connectivity index (χ1v) is 10.6. The minimum Gasteiger partial charge on any atom is -0.388 e. The molecule has 4 nitrogen and oxygen atoms in total. The normalized spacial score (nSPS) is 23.2. The molecule has 2 N–H and O–H groups in total. The fourth-order valence-corrected chi connectivity index (χ4v) is 4.32. The monoisotopic (exact) mass is 403 g/mol. The Labute approximate surface area is 178 Å². The number of aliphatic hydroxyl groups is 2. The van der Waals surface area contributed by atoms with E-state index in [9.17, 15) is 10.2 Å². The summed E-state index contributed by atoms with van der Waals surface area (Å²) in [7, 11) is 0.